The lowest BCUT2D eigenvalue weighted by Gasteiger charge is -2.07. The number of ether oxygens (including phenoxy) is 1. The lowest BCUT2D eigenvalue weighted by atomic mass is 10.1. The van der Waals surface area contributed by atoms with E-state index in [-0.39, 0.29) is 17.9 Å². The van der Waals surface area contributed by atoms with Crippen molar-refractivity contribution in [2.24, 2.45) is 12.1 Å². The summed E-state index contributed by atoms with van der Waals surface area (Å²) >= 11 is 0. The first-order valence-electron chi connectivity index (χ1n) is 8.06. The lowest BCUT2D eigenvalue weighted by Crippen LogP contribution is -2.27. The molecule has 0 aliphatic heterocycles. The number of para-hydroxylation sites is 1. The van der Waals surface area contributed by atoms with Crippen molar-refractivity contribution in [1.29, 1.82) is 0 Å². The molecule has 0 bridgehead atoms. The number of nitrogens with one attached hydrogen (secondary N) is 1. The molecule has 0 saturated carbocycles. The van der Waals surface area contributed by atoms with Crippen molar-refractivity contribution in [3.05, 3.63) is 70.1 Å². The van der Waals surface area contributed by atoms with Crippen LogP contribution in [-0.4, -0.2) is 28.5 Å². The van der Waals surface area contributed by atoms with Crippen LogP contribution in [0, 0.1) is 12.3 Å². The molecule has 134 valence electrons. The Morgan fingerprint density at radius 2 is 1.96 bits per heavy atom. The van der Waals surface area contributed by atoms with Crippen LogP contribution >= 0.6 is 0 Å². The van der Waals surface area contributed by atoms with Gasteiger partial charge >= 0.3 is 0 Å². The summed E-state index contributed by atoms with van der Waals surface area (Å²) in [5.41, 5.74) is 2.92. The number of hydrogen-bond donors (Lipinski definition) is 1. The second-order valence-electron chi connectivity index (χ2n) is 5.55. The number of aryl methyl sites for hydroxylation is 1. The predicted octanol–water partition coefficient (Wildman–Crippen LogP) is 1.71. The molecule has 7 heteroatoms. The van der Waals surface area contributed by atoms with E-state index in [1.54, 1.807) is 36.4 Å². The third-order valence-electron chi connectivity index (χ3n) is 3.77. The molecule has 7 nitrogen and oxygen atoms in total. The van der Waals surface area contributed by atoms with Crippen molar-refractivity contribution in [3.8, 4) is 18.1 Å². The predicted molar refractivity (Wildman–Crippen MR) is 103 cm³/mol. The van der Waals surface area contributed by atoms with Crippen LogP contribution in [0.2, 0.25) is 0 Å². The van der Waals surface area contributed by atoms with Crippen molar-refractivity contribution < 1.29 is 9.53 Å². The van der Waals surface area contributed by atoms with Crippen molar-refractivity contribution in [2.75, 3.05) is 6.61 Å². The molecule has 0 aliphatic rings. The molecular formula is C20H16N4O3. The van der Waals surface area contributed by atoms with Crippen molar-refractivity contribution in [3.63, 3.8) is 0 Å². The molecule has 0 saturated heterocycles. The number of aromatic nitrogens is 2. The summed E-state index contributed by atoms with van der Waals surface area (Å²) in [6.45, 7) is 0.130. The van der Waals surface area contributed by atoms with Crippen LogP contribution in [0.25, 0.3) is 10.8 Å². The monoisotopic (exact) mass is 360 g/mol. The Balaban J connectivity index is 1.85. The van der Waals surface area contributed by atoms with Gasteiger partial charge < -0.3 is 4.74 Å². The van der Waals surface area contributed by atoms with E-state index < -0.39 is 5.91 Å². The summed E-state index contributed by atoms with van der Waals surface area (Å²) in [4.78, 5) is 24.6. The zero-order valence-electron chi connectivity index (χ0n) is 14.5. The van der Waals surface area contributed by atoms with Crippen LogP contribution in [0.15, 0.2) is 58.4 Å². The summed E-state index contributed by atoms with van der Waals surface area (Å²) in [5, 5.41) is 8.90. The molecular weight excluding hydrogens is 344 g/mol. The normalized spacial score (nSPS) is 10.7. The summed E-state index contributed by atoms with van der Waals surface area (Å²) in [7, 11) is 1.49. The maximum Gasteiger partial charge on any atom is 0.292 e. The summed E-state index contributed by atoms with van der Waals surface area (Å²) in [6, 6.07) is 13.9. The molecule has 0 radical (unpaired) electrons. The first-order valence-corrected chi connectivity index (χ1v) is 8.06. The van der Waals surface area contributed by atoms with Crippen LogP contribution in [-0.2, 0) is 7.05 Å². The van der Waals surface area contributed by atoms with Crippen LogP contribution in [0.5, 0.6) is 5.75 Å². The van der Waals surface area contributed by atoms with Gasteiger partial charge in [0.25, 0.3) is 11.5 Å². The highest BCUT2D eigenvalue weighted by Crippen LogP contribution is 2.16. The molecule has 0 aliphatic carbocycles. The lowest BCUT2D eigenvalue weighted by molar-refractivity contribution is 0.0950. The van der Waals surface area contributed by atoms with E-state index in [0.29, 0.717) is 22.1 Å². The molecule has 1 N–H and O–H groups in total. The topological polar surface area (TPSA) is 85.6 Å². The summed E-state index contributed by atoms with van der Waals surface area (Å²) < 4.78 is 6.55. The van der Waals surface area contributed by atoms with Gasteiger partial charge in [-0.3, -0.25) is 9.59 Å². The minimum Gasteiger partial charge on any atom is -0.480 e. The first-order chi connectivity index (χ1) is 13.1. The van der Waals surface area contributed by atoms with Gasteiger partial charge in [0.1, 0.15) is 12.4 Å². The van der Waals surface area contributed by atoms with Gasteiger partial charge in [0, 0.05) is 18.0 Å². The minimum absolute atomic E-state index is 0.113. The Kier molecular flexibility index (Phi) is 5.28. The van der Waals surface area contributed by atoms with Crippen molar-refractivity contribution >= 4 is 22.9 Å². The minimum atomic E-state index is -0.528. The highest BCUT2D eigenvalue weighted by Gasteiger charge is 2.14. The number of nitrogens with zero attached hydrogens (tertiary/aromatic N) is 3. The molecule has 0 atom stereocenters. The van der Waals surface area contributed by atoms with E-state index >= 15 is 0 Å². The van der Waals surface area contributed by atoms with Gasteiger partial charge in [-0.15, -0.1) is 6.42 Å². The average molecular weight is 360 g/mol. The molecule has 3 rings (SSSR count). The third kappa shape index (κ3) is 3.85. The number of benzene rings is 2. The third-order valence-corrected chi connectivity index (χ3v) is 3.77. The van der Waals surface area contributed by atoms with Gasteiger partial charge in [-0.05, 0) is 18.2 Å². The maximum absolute atomic E-state index is 12.5. The fourth-order valence-electron chi connectivity index (χ4n) is 2.52. The van der Waals surface area contributed by atoms with E-state index in [1.165, 1.54) is 13.3 Å². The number of terminal acetylenes is 1. The first kappa shape index (κ1) is 17.9. The molecule has 1 heterocycles. The van der Waals surface area contributed by atoms with E-state index in [9.17, 15) is 9.59 Å². The zero-order valence-corrected chi connectivity index (χ0v) is 14.5. The van der Waals surface area contributed by atoms with Gasteiger partial charge in [0.05, 0.1) is 11.6 Å². The van der Waals surface area contributed by atoms with Gasteiger partial charge in [0.15, 0.2) is 5.69 Å². The Bertz CT molecular complexity index is 1130. The van der Waals surface area contributed by atoms with E-state index in [1.807, 2.05) is 12.1 Å². The molecule has 0 spiro atoms. The molecule has 2 aromatic carbocycles. The number of hydrogen-bond acceptors (Lipinski definition) is 5. The van der Waals surface area contributed by atoms with Gasteiger partial charge in [-0.1, -0.05) is 36.3 Å². The van der Waals surface area contributed by atoms with E-state index in [4.69, 9.17) is 11.2 Å². The quantitative estimate of drug-likeness (QED) is 0.426. The number of amides is 1. The molecule has 1 amide bonds. The zero-order chi connectivity index (χ0) is 19.2. The highest BCUT2D eigenvalue weighted by molar-refractivity contribution is 6.05. The van der Waals surface area contributed by atoms with Crippen LogP contribution < -0.4 is 15.7 Å². The smallest absolute Gasteiger partial charge is 0.292 e. The number of carbonyl (C=O) groups is 1. The Hall–Kier alpha value is -3.92. The second kappa shape index (κ2) is 7.97. The summed E-state index contributed by atoms with van der Waals surface area (Å²) in [5.74, 6) is 2.42. The van der Waals surface area contributed by atoms with E-state index in [2.05, 4.69) is 21.5 Å². The van der Waals surface area contributed by atoms with E-state index in [0.717, 1.165) is 4.68 Å². The largest absolute Gasteiger partial charge is 0.480 e. The molecule has 0 fully saturated rings. The number of hydrazone groups is 1. The van der Waals surface area contributed by atoms with Gasteiger partial charge in [-0.25, -0.2) is 10.1 Å². The summed E-state index contributed by atoms with van der Waals surface area (Å²) in [6.07, 6.45) is 6.65. The molecule has 1 aromatic heterocycles. The van der Waals surface area contributed by atoms with Crippen LogP contribution in [0.4, 0.5) is 0 Å². The number of carbonyl (C=O) groups excluding carboxylic acids is 1. The second-order valence-corrected chi connectivity index (χ2v) is 5.55. The fourth-order valence-corrected chi connectivity index (χ4v) is 2.52. The van der Waals surface area contributed by atoms with Crippen molar-refractivity contribution in [2.45, 2.75) is 0 Å². The van der Waals surface area contributed by atoms with Crippen LogP contribution in [0.1, 0.15) is 16.1 Å². The Labute approximate surface area is 155 Å². The number of fused-ring (bicyclic) bond motifs is 1. The highest BCUT2D eigenvalue weighted by atomic mass is 16.5. The fraction of sp³-hybridized carbons (Fsp3) is 0.100. The van der Waals surface area contributed by atoms with Crippen molar-refractivity contribution in [1.82, 2.24) is 15.2 Å². The maximum atomic E-state index is 12.5. The molecule has 3 aromatic rings. The average Bonchev–Trinajstić information content (AvgIpc) is 2.70. The number of rotatable bonds is 5. The molecule has 0 unspecified atom stereocenters. The van der Waals surface area contributed by atoms with Crippen LogP contribution in [0.3, 0.4) is 0 Å². The van der Waals surface area contributed by atoms with Gasteiger partial charge in [-0.2, -0.15) is 10.2 Å². The Morgan fingerprint density at radius 1 is 1.26 bits per heavy atom. The Morgan fingerprint density at radius 3 is 2.74 bits per heavy atom. The standard InChI is InChI=1S/C20H16N4O3/c1-3-12-27-17-11-7-4-8-14(17)13-21-22-19(25)18-15-9-5-6-10-16(15)20(26)24(2)23-18/h1,4-11,13H,12H2,2H3,(H,22,25)/b21-13-. The molecule has 27 heavy (non-hydrogen) atoms. The van der Waals surface area contributed by atoms with Gasteiger partial charge in [0.2, 0.25) is 0 Å². The SMILES string of the molecule is C#CCOc1ccccc1/C=N\NC(=O)c1nn(C)c(=O)c2ccccc12.